The van der Waals surface area contributed by atoms with Gasteiger partial charge in [0, 0.05) is 24.1 Å². The van der Waals surface area contributed by atoms with Crippen molar-refractivity contribution in [1.82, 2.24) is 8.96 Å². The molecule has 2 aliphatic rings. The number of pyridine rings is 1. The van der Waals surface area contributed by atoms with Gasteiger partial charge in [-0.1, -0.05) is 45.6 Å². The first-order valence-electron chi connectivity index (χ1n) is 10.3. The molecule has 5 rings (SSSR count). The first-order valence-corrected chi connectivity index (χ1v) is 12.9. The first-order chi connectivity index (χ1) is 14.5. The Hall–Kier alpha value is -2.16. The molecule has 0 amide bonds. The zero-order valence-corrected chi connectivity index (χ0v) is 18.6. The highest BCUT2D eigenvalue weighted by atomic mass is 32.2. The highest BCUT2D eigenvalue weighted by Crippen LogP contribution is 2.40. The second kappa shape index (κ2) is 8.17. The number of carbonyl (C=O) groups is 1. The Labute approximate surface area is 179 Å². The Kier molecular flexibility index (Phi) is 5.74. The third-order valence-electron chi connectivity index (χ3n) is 5.61. The fourth-order valence-electron chi connectivity index (χ4n) is 4.28. The van der Waals surface area contributed by atoms with Gasteiger partial charge in [-0.3, -0.25) is 4.79 Å². The summed E-state index contributed by atoms with van der Waals surface area (Å²) >= 11 is -1.76. The Bertz CT molecular complexity index is 1210. The average Bonchev–Trinajstić information content (AvgIpc) is 3.40. The molecule has 1 saturated carbocycles. The number of Topliss-reactive ketones (excluding diaryl/α,β-unsaturated/α-hetero) is 1. The molecule has 30 heavy (non-hydrogen) atoms. The largest absolute Gasteiger partial charge is 0.587 e. The lowest BCUT2D eigenvalue weighted by Crippen LogP contribution is -2.23. The predicted molar refractivity (Wildman–Crippen MR) is 116 cm³/mol. The fourth-order valence-corrected chi connectivity index (χ4v) is 7.39. The summed E-state index contributed by atoms with van der Waals surface area (Å²) in [5.74, 6) is -0.0290. The zero-order valence-electron chi connectivity index (χ0n) is 17.0. The number of carbonyl (C=O) groups excluding carboxylic acids is 1. The molecule has 6 nitrogen and oxygen atoms in total. The molecule has 1 aliphatic heterocycles. The van der Waals surface area contributed by atoms with Crippen molar-refractivity contribution >= 4 is 38.0 Å². The molecular formula is C22H24N2O4S2. The molecule has 8 heteroatoms. The minimum atomic E-state index is -3.95. The standard InChI is InChI=1S/C20H18N2O4S2.C2H6/c23-17(11-13-5-1-2-6-13)18-19-16-9-4-10-21-20(16)22(18)27(24)14-7-3-8-15(12-14)28(19,25)26;1-2/h3-4,7-10,12-13H,1-2,5-6,11H2;1-2H3. The molecule has 0 radical (unpaired) electrons. The molecule has 1 atom stereocenters. The van der Waals surface area contributed by atoms with Gasteiger partial charge >= 0.3 is 0 Å². The summed E-state index contributed by atoms with van der Waals surface area (Å²) in [5.41, 5.74) is 0.266. The Balaban J connectivity index is 0.00000106. The van der Waals surface area contributed by atoms with Crippen molar-refractivity contribution in [3.05, 3.63) is 48.3 Å². The van der Waals surface area contributed by atoms with E-state index < -0.39 is 21.2 Å². The van der Waals surface area contributed by atoms with Crippen molar-refractivity contribution in [3.8, 4) is 0 Å². The van der Waals surface area contributed by atoms with Crippen LogP contribution in [0.15, 0.2) is 57.3 Å². The molecule has 2 aromatic heterocycles. The molecule has 4 bridgehead atoms. The van der Waals surface area contributed by atoms with Crippen molar-refractivity contribution < 1.29 is 17.8 Å². The van der Waals surface area contributed by atoms with E-state index in [0.29, 0.717) is 10.3 Å². The van der Waals surface area contributed by atoms with Crippen LogP contribution in [-0.4, -0.2) is 27.7 Å². The van der Waals surface area contributed by atoms with Gasteiger partial charge in [-0.2, -0.15) is 0 Å². The summed E-state index contributed by atoms with van der Waals surface area (Å²) in [5, 5.41) is 0.341. The van der Waals surface area contributed by atoms with E-state index in [1.807, 2.05) is 13.8 Å². The van der Waals surface area contributed by atoms with Crippen molar-refractivity contribution in [3.63, 3.8) is 0 Å². The van der Waals surface area contributed by atoms with Gasteiger partial charge in [-0.05, 0) is 30.2 Å². The molecule has 3 aromatic rings. The maximum Gasteiger partial charge on any atom is 0.209 e. The van der Waals surface area contributed by atoms with Gasteiger partial charge in [0.05, 0.1) is 4.90 Å². The van der Waals surface area contributed by atoms with E-state index in [-0.39, 0.29) is 39.3 Å². The molecule has 0 N–H and O–H groups in total. The normalized spacial score (nSPS) is 19.6. The van der Waals surface area contributed by atoms with Gasteiger partial charge in [0.2, 0.25) is 9.84 Å². The van der Waals surface area contributed by atoms with Crippen LogP contribution in [0.3, 0.4) is 0 Å². The van der Waals surface area contributed by atoms with Crippen molar-refractivity contribution in [2.24, 2.45) is 5.92 Å². The molecule has 3 heterocycles. The molecule has 0 saturated heterocycles. The van der Waals surface area contributed by atoms with Crippen LogP contribution in [0.1, 0.15) is 56.4 Å². The lowest BCUT2D eigenvalue weighted by atomic mass is 9.99. The minimum Gasteiger partial charge on any atom is -0.587 e. The Morgan fingerprint density at radius 2 is 1.93 bits per heavy atom. The second-order valence-electron chi connectivity index (χ2n) is 7.35. The van der Waals surface area contributed by atoms with E-state index in [1.54, 1.807) is 24.3 Å². The average molecular weight is 445 g/mol. The summed E-state index contributed by atoms with van der Waals surface area (Å²) in [6.45, 7) is 4.00. The summed E-state index contributed by atoms with van der Waals surface area (Å²) in [6.07, 6.45) is 5.90. The smallest absolute Gasteiger partial charge is 0.209 e. The van der Waals surface area contributed by atoms with E-state index in [4.69, 9.17) is 0 Å². The Morgan fingerprint density at radius 1 is 1.20 bits per heavy atom. The summed E-state index contributed by atoms with van der Waals surface area (Å²) in [6, 6.07) is 9.34. The molecule has 1 aliphatic carbocycles. The highest BCUT2D eigenvalue weighted by molar-refractivity contribution is 7.92. The van der Waals surface area contributed by atoms with Crippen LogP contribution >= 0.6 is 0 Å². The van der Waals surface area contributed by atoms with Gasteiger partial charge in [0.15, 0.2) is 22.0 Å². The van der Waals surface area contributed by atoms with Crippen LogP contribution in [0.5, 0.6) is 0 Å². The van der Waals surface area contributed by atoms with Gasteiger partial charge in [0.25, 0.3) is 0 Å². The quantitative estimate of drug-likeness (QED) is 0.437. The van der Waals surface area contributed by atoms with Gasteiger partial charge in [0.1, 0.15) is 16.3 Å². The SMILES string of the molecule is CC.O=C(CC1CCCC1)c1c2c3cccnc3n1[S+]([O-])c1cccc(c1)S2(=O)=O. The molecule has 1 aromatic carbocycles. The van der Waals surface area contributed by atoms with Crippen molar-refractivity contribution in [1.29, 1.82) is 0 Å². The number of nitrogens with zero attached hydrogens (tertiary/aromatic N) is 2. The number of ketones is 1. The number of fused-ring (bicyclic) bond motifs is 7. The van der Waals surface area contributed by atoms with E-state index in [2.05, 4.69) is 4.98 Å². The minimum absolute atomic E-state index is 0.00531. The number of rotatable bonds is 3. The van der Waals surface area contributed by atoms with Crippen LogP contribution < -0.4 is 0 Å². The molecule has 158 valence electrons. The van der Waals surface area contributed by atoms with Crippen LogP contribution in [0, 0.1) is 5.92 Å². The monoisotopic (exact) mass is 444 g/mol. The summed E-state index contributed by atoms with van der Waals surface area (Å²) in [4.78, 5) is 17.9. The predicted octanol–water partition coefficient (Wildman–Crippen LogP) is 4.54. The van der Waals surface area contributed by atoms with E-state index in [1.165, 1.54) is 22.3 Å². The molecule has 1 unspecified atom stereocenters. The number of benzene rings is 1. The zero-order chi connectivity index (χ0) is 21.5. The lowest BCUT2D eigenvalue weighted by molar-refractivity contribution is 0.0953. The van der Waals surface area contributed by atoms with Gasteiger partial charge in [-0.25, -0.2) is 13.4 Å². The third kappa shape index (κ3) is 3.27. The molecule has 0 spiro atoms. The topological polar surface area (TPSA) is 92.1 Å². The van der Waals surface area contributed by atoms with E-state index >= 15 is 0 Å². The number of aromatic nitrogens is 2. The number of hydrogen-bond donors (Lipinski definition) is 0. The first kappa shape index (κ1) is 21.1. The summed E-state index contributed by atoms with van der Waals surface area (Å²) < 4.78 is 41.6. The lowest BCUT2D eigenvalue weighted by Gasteiger charge is -2.18. The van der Waals surface area contributed by atoms with Crippen molar-refractivity contribution in [2.75, 3.05) is 0 Å². The third-order valence-corrected chi connectivity index (χ3v) is 8.78. The molecule has 1 fully saturated rings. The molecular weight excluding hydrogens is 420 g/mol. The highest BCUT2D eigenvalue weighted by Gasteiger charge is 2.40. The Morgan fingerprint density at radius 3 is 2.67 bits per heavy atom. The fraction of sp³-hybridized carbons (Fsp3) is 0.364. The van der Waals surface area contributed by atoms with Gasteiger partial charge in [-0.15, -0.1) is 3.97 Å². The van der Waals surface area contributed by atoms with Crippen LogP contribution in [0.4, 0.5) is 0 Å². The number of sulfone groups is 1. The maximum atomic E-state index is 13.5. The number of hydrogen-bond acceptors (Lipinski definition) is 5. The van der Waals surface area contributed by atoms with Gasteiger partial charge < -0.3 is 4.55 Å². The van der Waals surface area contributed by atoms with Crippen LogP contribution in [-0.2, 0) is 21.2 Å². The maximum absolute atomic E-state index is 13.5. The van der Waals surface area contributed by atoms with E-state index in [9.17, 15) is 17.8 Å². The van der Waals surface area contributed by atoms with E-state index in [0.717, 1.165) is 25.7 Å². The van der Waals surface area contributed by atoms with Crippen molar-refractivity contribution in [2.45, 2.75) is 60.6 Å². The summed E-state index contributed by atoms with van der Waals surface area (Å²) in [7, 11) is -3.95. The van der Waals surface area contributed by atoms with Crippen LogP contribution in [0.2, 0.25) is 0 Å². The second-order valence-corrected chi connectivity index (χ2v) is 10.6. The van der Waals surface area contributed by atoms with Crippen LogP contribution in [0.25, 0.3) is 11.0 Å².